The molecule has 2 aromatic heterocycles. The smallest absolute Gasteiger partial charge is 0.242 e. The third kappa shape index (κ3) is 3.62. The average molecular weight is 334 g/mol. The van der Waals surface area contributed by atoms with Crippen LogP contribution in [-0.2, 0) is 16.0 Å². The zero-order chi connectivity index (χ0) is 17.1. The number of nitrogens with zero attached hydrogens (tertiary/aromatic N) is 4. The van der Waals surface area contributed by atoms with Crippen LogP contribution in [0.2, 0.25) is 0 Å². The van der Waals surface area contributed by atoms with Crippen LogP contribution in [0.25, 0.3) is 0 Å². The van der Waals surface area contributed by atoms with E-state index in [4.69, 9.17) is 9.26 Å². The summed E-state index contributed by atoms with van der Waals surface area (Å²) in [5, 5.41) is 13.7. The summed E-state index contributed by atoms with van der Waals surface area (Å²) in [7, 11) is 0. The Balaban J connectivity index is 1.61. The highest BCUT2D eigenvalue weighted by molar-refractivity contribution is 5.93. The molecule has 2 atom stereocenters. The van der Waals surface area contributed by atoms with Gasteiger partial charge in [0.05, 0.1) is 12.6 Å². The summed E-state index contributed by atoms with van der Waals surface area (Å²) in [5.74, 6) is 2.42. The van der Waals surface area contributed by atoms with E-state index in [1.807, 2.05) is 13.8 Å². The number of aryl methyl sites for hydroxylation is 2. The van der Waals surface area contributed by atoms with Crippen LogP contribution in [0.1, 0.15) is 37.4 Å². The Hall–Kier alpha value is -2.26. The molecule has 1 aliphatic rings. The third-order valence-electron chi connectivity index (χ3n) is 4.08. The number of morpholine rings is 1. The fraction of sp³-hybridized carbons (Fsp3) is 0.600. The van der Waals surface area contributed by atoms with Crippen molar-refractivity contribution in [3.05, 3.63) is 23.5 Å². The highest BCUT2D eigenvalue weighted by atomic mass is 16.5. The van der Waals surface area contributed by atoms with Crippen LogP contribution in [0.3, 0.4) is 0 Å². The number of ether oxygens (including phenoxy) is 1. The van der Waals surface area contributed by atoms with Gasteiger partial charge in [-0.05, 0) is 13.8 Å². The summed E-state index contributed by atoms with van der Waals surface area (Å²) in [6.07, 6.45) is 0.555. The van der Waals surface area contributed by atoms with Gasteiger partial charge < -0.3 is 14.6 Å². The van der Waals surface area contributed by atoms with Gasteiger partial charge in [-0.2, -0.15) is 5.10 Å². The monoisotopic (exact) mass is 334 g/mol. The van der Waals surface area contributed by atoms with E-state index in [0.717, 1.165) is 12.2 Å². The van der Waals surface area contributed by atoms with E-state index in [2.05, 4.69) is 30.6 Å². The van der Waals surface area contributed by atoms with Crippen molar-refractivity contribution in [1.82, 2.24) is 25.2 Å². The van der Waals surface area contributed by atoms with Gasteiger partial charge in [0.25, 0.3) is 0 Å². The van der Waals surface area contributed by atoms with Crippen molar-refractivity contribution in [3.63, 3.8) is 0 Å². The van der Waals surface area contributed by atoms with Crippen LogP contribution in [0.5, 0.6) is 0 Å². The van der Waals surface area contributed by atoms with Gasteiger partial charge in [0, 0.05) is 25.6 Å². The number of carbonyl (C=O) groups excluding carboxylic acids is 1. The van der Waals surface area contributed by atoms with Crippen molar-refractivity contribution in [2.24, 2.45) is 0 Å². The fourth-order valence-corrected chi connectivity index (χ4v) is 2.61. The molecule has 0 spiro atoms. The Bertz CT molecular complexity index is 697. The average Bonchev–Trinajstić information content (AvgIpc) is 3.23. The summed E-state index contributed by atoms with van der Waals surface area (Å²) < 4.78 is 10.7. The van der Waals surface area contributed by atoms with Crippen molar-refractivity contribution >= 4 is 11.7 Å². The third-order valence-corrected chi connectivity index (χ3v) is 4.08. The largest absolute Gasteiger partial charge is 0.367 e. The van der Waals surface area contributed by atoms with Gasteiger partial charge in [-0.3, -0.25) is 14.8 Å². The topological polar surface area (TPSA) is 109 Å². The minimum atomic E-state index is -0.321. The molecule has 3 rings (SSSR count). The van der Waals surface area contributed by atoms with Gasteiger partial charge in [0.15, 0.2) is 11.6 Å². The molecule has 1 saturated heterocycles. The first-order chi connectivity index (χ1) is 11.6. The zero-order valence-corrected chi connectivity index (χ0v) is 14.1. The lowest BCUT2D eigenvalue weighted by Gasteiger charge is -2.34. The normalized spacial score (nSPS) is 20.0. The maximum absolute atomic E-state index is 12.4. The molecule has 0 radical (unpaired) electrons. The standard InChI is InChI=1S/C15H22N6O3/c1-4-12-16-14(19-18-12)11-8-21(5-6-23-11)10(3)15(22)17-13-7-9(2)24-20-13/h7,10-11H,4-6,8H2,1-3H3,(H,16,18,19)(H,17,20,22)/t10-,11-/m1/s1. The Morgan fingerprint density at radius 3 is 3.08 bits per heavy atom. The lowest BCUT2D eigenvalue weighted by Crippen LogP contribution is -2.48. The van der Waals surface area contributed by atoms with Crippen LogP contribution in [0.15, 0.2) is 10.6 Å². The molecular formula is C15H22N6O3. The first kappa shape index (κ1) is 16.6. The maximum Gasteiger partial charge on any atom is 0.242 e. The number of aromatic nitrogens is 4. The number of carbonyl (C=O) groups is 1. The number of hydrogen-bond acceptors (Lipinski definition) is 7. The summed E-state index contributed by atoms with van der Waals surface area (Å²) in [4.78, 5) is 18.9. The molecule has 0 aromatic carbocycles. The summed E-state index contributed by atoms with van der Waals surface area (Å²) in [6.45, 7) is 7.42. The number of anilines is 1. The van der Waals surface area contributed by atoms with Gasteiger partial charge in [0.1, 0.15) is 17.7 Å². The first-order valence-corrected chi connectivity index (χ1v) is 8.07. The Morgan fingerprint density at radius 2 is 2.42 bits per heavy atom. The lowest BCUT2D eigenvalue weighted by atomic mass is 10.2. The van der Waals surface area contributed by atoms with Crippen molar-refractivity contribution in [3.8, 4) is 0 Å². The number of H-pyrrole nitrogens is 1. The van der Waals surface area contributed by atoms with E-state index >= 15 is 0 Å². The number of aromatic amines is 1. The minimum absolute atomic E-state index is 0.131. The van der Waals surface area contributed by atoms with Crippen molar-refractivity contribution in [2.45, 2.75) is 39.3 Å². The molecule has 2 aromatic rings. The van der Waals surface area contributed by atoms with E-state index in [1.54, 1.807) is 13.0 Å². The van der Waals surface area contributed by atoms with Crippen LogP contribution >= 0.6 is 0 Å². The molecule has 130 valence electrons. The minimum Gasteiger partial charge on any atom is -0.367 e. The second-order valence-corrected chi connectivity index (χ2v) is 5.84. The summed E-state index contributed by atoms with van der Waals surface area (Å²) in [5.41, 5.74) is 0. The molecule has 0 aliphatic carbocycles. The first-order valence-electron chi connectivity index (χ1n) is 8.07. The van der Waals surface area contributed by atoms with E-state index in [1.165, 1.54) is 0 Å². The van der Waals surface area contributed by atoms with Crippen LogP contribution in [0.4, 0.5) is 5.82 Å². The molecule has 0 saturated carbocycles. The molecule has 9 heteroatoms. The van der Waals surface area contributed by atoms with Gasteiger partial charge in [-0.1, -0.05) is 12.1 Å². The molecule has 1 fully saturated rings. The number of nitrogens with one attached hydrogen (secondary N) is 2. The Kier molecular flexibility index (Phi) is 4.91. The van der Waals surface area contributed by atoms with Gasteiger partial charge in [-0.25, -0.2) is 4.98 Å². The second kappa shape index (κ2) is 7.10. The lowest BCUT2D eigenvalue weighted by molar-refractivity contribution is -0.124. The quantitative estimate of drug-likeness (QED) is 0.841. The SMILES string of the molecule is CCc1nc([C@H]2CN([C@H](C)C(=O)Nc3cc(C)on3)CCO2)n[nH]1. The molecular weight excluding hydrogens is 312 g/mol. The number of rotatable bonds is 5. The highest BCUT2D eigenvalue weighted by Crippen LogP contribution is 2.21. The van der Waals surface area contributed by atoms with Crippen LogP contribution in [-0.4, -0.2) is 56.9 Å². The van der Waals surface area contributed by atoms with Crippen LogP contribution < -0.4 is 5.32 Å². The molecule has 3 heterocycles. The molecule has 2 N–H and O–H groups in total. The van der Waals surface area contributed by atoms with Gasteiger partial charge in [0.2, 0.25) is 5.91 Å². The van der Waals surface area contributed by atoms with Gasteiger partial charge >= 0.3 is 0 Å². The van der Waals surface area contributed by atoms with Crippen molar-refractivity contribution in [2.75, 3.05) is 25.0 Å². The fourth-order valence-electron chi connectivity index (χ4n) is 2.61. The zero-order valence-electron chi connectivity index (χ0n) is 14.1. The van der Waals surface area contributed by atoms with Gasteiger partial charge in [-0.15, -0.1) is 0 Å². The maximum atomic E-state index is 12.4. The van der Waals surface area contributed by atoms with Crippen molar-refractivity contribution in [1.29, 1.82) is 0 Å². The molecule has 9 nitrogen and oxygen atoms in total. The van der Waals surface area contributed by atoms with Crippen molar-refractivity contribution < 1.29 is 14.1 Å². The predicted molar refractivity (Wildman–Crippen MR) is 85.4 cm³/mol. The molecule has 0 bridgehead atoms. The Morgan fingerprint density at radius 1 is 1.58 bits per heavy atom. The predicted octanol–water partition coefficient (Wildman–Crippen LogP) is 1.06. The molecule has 0 unspecified atom stereocenters. The number of amides is 1. The van der Waals surface area contributed by atoms with Crippen LogP contribution in [0, 0.1) is 6.92 Å². The second-order valence-electron chi connectivity index (χ2n) is 5.84. The number of hydrogen-bond donors (Lipinski definition) is 2. The van der Waals surface area contributed by atoms with E-state index in [0.29, 0.717) is 37.1 Å². The summed E-state index contributed by atoms with van der Waals surface area (Å²) in [6, 6.07) is 1.37. The highest BCUT2D eigenvalue weighted by Gasteiger charge is 2.31. The van der Waals surface area contributed by atoms with E-state index < -0.39 is 0 Å². The molecule has 1 amide bonds. The summed E-state index contributed by atoms with van der Waals surface area (Å²) >= 11 is 0. The molecule has 24 heavy (non-hydrogen) atoms. The molecule has 1 aliphatic heterocycles. The Labute approximate surface area is 139 Å². The van der Waals surface area contributed by atoms with E-state index in [9.17, 15) is 4.79 Å². The van der Waals surface area contributed by atoms with E-state index in [-0.39, 0.29) is 18.1 Å².